The predicted octanol–water partition coefficient (Wildman–Crippen LogP) is -3.65. The third kappa shape index (κ3) is 11.5. The van der Waals surface area contributed by atoms with Crippen molar-refractivity contribution in [3.8, 4) is 0 Å². The van der Waals surface area contributed by atoms with Crippen LogP contribution in [0.4, 0.5) is 0 Å². The average molecular weight is 446 g/mol. The van der Waals surface area contributed by atoms with E-state index in [0.717, 1.165) is 0 Å². The van der Waals surface area contributed by atoms with Crippen LogP contribution in [0.3, 0.4) is 0 Å². The zero-order chi connectivity index (χ0) is 24.1. The topological polar surface area (TPSA) is 257 Å². The summed E-state index contributed by atoms with van der Waals surface area (Å²) >= 11 is 0. The fraction of sp³-hybridized carbons (Fsp3) is 0.647. The van der Waals surface area contributed by atoms with Gasteiger partial charge in [-0.1, -0.05) is 0 Å². The van der Waals surface area contributed by atoms with Crippen molar-refractivity contribution in [3.05, 3.63) is 0 Å². The van der Waals surface area contributed by atoms with E-state index in [0.29, 0.717) is 19.4 Å². The molecule has 14 heteroatoms. The van der Waals surface area contributed by atoms with Gasteiger partial charge in [0.05, 0.1) is 18.9 Å². The predicted molar refractivity (Wildman–Crippen MR) is 106 cm³/mol. The highest BCUT2D eigenvalue weighted by Crippen LogP contribution is 2.04. The van der Waals surface area contributed by atoms with Crippen LogP contribution < -0.4 is 33.2 Å². The molecule has 0 aliphatic heterocycles. The second kappa shape index (κ2) is 13.9. The van der Waals surface area contributed by atoms with Gasteiger partial charge in [0.2, 0.25) is 23.6 Å². The molecule has 0 fully saturated rings. The van der Waals surface area contributed by atoms with Crippen LogP contribution in [0.15, 0.2) is 0 Å². The number of hydrogen-bond donors (Lipinski definition) is 8. The van der Waals surface area contributed by atoms with Gasteiger partial charge in [-0.3, -0.25) is 24.0 Å². The van der Waals surface area contributed by atoms with Gasteiger partial charge in [-0.15, -0.1) is 0 Å². The van der Waals surface area contributed by atoms with Crippen LogP contribution in [0.25, 0.3) is 0 Å². The monoisotopic (exact) mass is 446 g/mol. The molecule has 0 radical (unpaired) electrons. The molecular weight excluding hydrogens is 416 g/mol. The van der Waals surface area contributed by atoms with Gasteiger partial charge in [0.1, 0.15) is 18.1 Å². The SMILES string of the molecule is C[C@H](N)C(=O)N[C@@H](CC(N)=O)C(=O)N[C@@H](CC(=O)O)C(=O)N[C@@H](CCCCN)C(=O)O. The van der Waals surface area contributed by atoms with Crippen LogP contribution in [0, 0.1) is 0 Å². The van der Waals surface area contributed by atoms with E-state index in [-0.39, 0.29) is 6.42 Å². The Morgan fingerprint density at radius 3 is 1.71 bits per heavy atom. The maximum absolute atomic E-state index is 12.5. The van der Waals surface area contributed by atoms with Crippen molar-refractivity contribution in [1.82, 2.24) is 16.0 Å². The second-order valence-corrected chi connectivity index (χ2v) is 6.86. The lowest BCUT2D eigenvalue weighted by atomic mass is 10.1. The van der Waals surface area contributed by atoms with Crippen molar-refractivity contribution in [3.63, 3.8) is 0 Å². The highest BCUT2D eigenvalue weighted by molar-refractivity contribution is 5.97. The minimum atomic E-state index is -1.68. The number of carboxylic acid groups (broad SMARTS) is 2. The Morgan fingerprint density at radius 1 is 0.806 bits per heavy atom. The number of rotatable bonds is 15. The lowest BCUT2D eigenvalue weighted by Crippen LogP contribution is -2.57. The van der Waals surface area contributed by atoms with Gasteiger partial charge >= 0.3 is 11.9 Å². The van der Waals surface area contributed by atoms with Crippen LogP contribution in [-0.4, -0.2) is 76.5 Å². The summed E-state index contributed by atoms with van der Waals surface area (Å²) in [5.41, 5.74) is 15.8. The molecule has 31 heavy (non-hydrogen) atoms. The molecule has 0 saturated heterocycles. The Hall–Kier alpha value is -3.26. The van der Waals surface area contributed by atoms with Crippen LogP contribution in [0.5, 0.6) is 0 Å². The minimum Gasteiger partial charge on any atom is -0.481 e. The summed E-state index contributed by atoms with van der Waals surface area (Å²) in [5.74, 6) is -6.67. The molecule has 0 aliphatic carbocycles. The zero-order valence-corrected chi connectivity index (χ0v) is 17.1. The molecule has 0 aliphatic rings. The molecule has 4 amide bonds. The van der Waals surface area contributed by atoms with Gasteiger partial charge in [-0.2, -0.15) is 0 Å². The standard InChI is InChI=1S/C17H30N6O8/c1-8(19)14(27)22-10(6-12(20)24)15(28)23-11(7-13(25)26)16(29)21-9(17(30)31)4-2-3-5-18/h8-11H,2-7,18-19H2,1H3,(H2,20,24)(H,21,29)(H,22,27)(H,23,28)(H,25,26)(H,30,31)/t8-,9-,10-,11-/m0/s1. The lowest BCUT2D eigenvalue weighted by molar-refractivity contribution is -0.144. The van der Waals surface area contributed by atoms with E-state index in [1.807, 2.05) is 0 Å². The molecular formula is C17H30N6O8. The molecule has 0 aromatic rings. The molecule has 0 rings (SSSR count). The Labute approximate surface area is 178 Å². The van der Waals surface area contributed by atoms with E-state index in [9.17, 15) is 33.9 Å². The summed E-state index contributed by atoms with van der Waals surface area (Å²) in [5, 5.41) is 24.7. The van der Waals surface area contributed by atoms with E-state index in [4.69, 9.17) is 22.3 Å². The molecule has 0 heterocycles. The number of nitrogens with one attached hydrogen (secondary N) is 3. The van der Waals surface area contributed by atoms with Crippen LogP contribution >= 0.6 is 0 Å². The summed E-state index contributed by atoms with van der Waals surface area (Å²) in [4.78, 5) is 70.4. The van der Waals surface area contributed by atoms with Crippen LogP contribution in [0.2, 0.25) is 0 Å². The van der Waals surface area contributed by atoms with Gasteiger partial charge in [-0.25, -0.2) is 4.79 Å². The molecule has 0 unspecified atom stereocenters. The normalized spacial score (nSPS) is 14.4. The van der Waals surface area contributed by atoms with Crippen LogP contribution in [-0.2, 0) is 28.8 Å². The van der Waals surface area contributed by atoms with E-state index in [1.54, 1.807) is 0 Å². The average Bonchev–Trinajstić information content (AvgIpc) is 2.64. The molecule has 0 aromatic carbocycles. The summed E-state index contributed by atoms with van der Waals surface area (Å²) in [6, 6.07) is -5.54. The smallest absolute Gasteiger partial charge is 0.326 e. The highest BCUT2D eigenvalue weighted by atomic mass is 16.4. The number of primary amides is 1. The van der Waals surface area contributed by atoms with Crippen molar-refractivity contribution in [2.75, 3.05) is 6.54 Å². The minimum absolute atomic E-state index is 0.0424. The summed E-state index contributed by atoms with van der Waals surface area (Å²) in [6.07, 6.45) is -0.558. The van der Waals surface area contributed by atoms with Crippen molar-refractivity contribution < 1.29 is 39.0 Å². The third-order valence-electron chi connectivity index (χ3n) is 4.03. The number of carbonyl (C=O) groups is 6. The number of amides is 4. The number of carbonyl (C=O) groups excluding carboxylic acids is 4. The van der Waals surface area contributed by atoms with Crippen molar-refractivity contribution in [1.29, 1.82) is 0 Å². The Balaban J connectivity index is 5.40. The molecule has 0 aromatic heterocycles. The van der Waals surface area contributed by atoms with Crippen molar-refractivity contribution in [2.24, 2.45) is 17.2 Å². The van der Waals surface area contributed by atoms with E-state index >= 15 is 0 Å². The Bertz CT molecular complexity index is 684. The molecule has 4 atom stereocenters. The Kier molecular flexibility index (Phi) is 12.4. The van der Waals surface area contributed by atoms with E-state index < -0.39 is 72.6 Å². The summed E-state index contributed by atoms with van der Waals surface area (Å²) in [6.45, 7) is 1.65. The molecule has 0 saturated carbocycles. The number of nitrogens with two attached hydrogens (primary N) is 3. The van der Waals surface area contributed by atoms with Crippen LogP contribution in [0.1, 0.15) is 39.0 Å². The first-order chi connectivity index (χ1) is 14.4. The molecule has 176 valence electrons. The van der Waals surface area contributed by atoms with E-state index in [2.05, 4.69) is 16.0 Å². The number of hydrogen-bond acceptors (Lipinski definition) is 8. The molecule has 11 N–H and O–H groups in total. The van der Waals surface area contributed by atoms with Gasteiger partial charge < -0.3 is 43.4 Å². The number of aliphatic carboxylic acids is 2. The first-order valence-corrected chi connectivity index (χ1v) is 9.48. The zero-order valence-electron chi connectivity index (χ0n) is 17.1. The summed E-state index contributed by atoms with van der Waals surface area (Å²) in [7, 11) is 0. The van der Waals surface area contributed by atoms with Gasteiger partial charge in [0.15, 0.2) is 0 Å². The van der Waals surface area contributed by atoms with Crippen molar-refractivity contribution in [2.45, 2.75) is 63.2 Å². The fourth-order valence-corrected chi connectivity index (χ4v) is 2.39. The van der Waals surface area contributed by atoms with Gasteiger partial charge in [-0.05, 0) is 32.7 Å². The second-order valence-electron chi connectivity index (χ2n) is 6.86. The molecule has 14 nitrogen and oxygen atoms in total. The quantitative estimate of drug-likeness (QED) is 0.114. The lowest BCUT2D eigenvalue weighted by Gasteiger charge is -2.23. The van der Waals surface area contributed by atoms with Gasteiger partial charge in [0.25, 0.3) is 0 Å². The highest BCUT2D eigenvalue weighted by Gasteiger charge is 2.31. The summed E-state index contributed by atoms with van der Waals surface area (Å²) < 4.78 is 0. The molecule has 0 bridgehead atoms. The fourth-order valence-electron chi connectivity index (χ4n) is 2.39. The first-order valence-electron chi connectivity index (χ1n) is 9.48. The van der Waals surface area contributed by atoms with E-state index in [1.165, 1.54) is 6.92 Å². The van der Waals surface area contributed by atoms with Crippen molar-refractivity contribution >= 4 is 35.6 Å². The third-order valence-corrected chi connectivity index (χ3v) is 4.03. The Morgan fingerprint density at radius 2 is 1.29 bits per heavy atom. The number of carboxylic acids is 2. The first kappa shape index (κ1) is 27.7. The van der Waals surface area contributed by atoms with Gasteiger partial charge in [0, 0.05) is 0 Å². The number of unbranched alkanes of at least 4 members (excludes halogenated alkanes) is 1. The maximum Gasteiger partial charge on any atom is 0.326 e. The largest absolute Gasteiger partial charge is 0.481 e. The molecule has 0 spiro atoms. The maximum atomic E-state index is 12.5.